The molecule has 6 fully saturated rings. The molecular formula is C18H27NO6. The Labute approximate surface area is 146 Å². The Morgan fingerprint density at radius 1 is 0.720 bits per heavy atom. The number of carboxylic acids is 2. The molecule has 0 unspecified atom stereocenters. The zero-order chi connectivity index (χ0) is 18.1. The number of nitrogens with one attached hydrogen (secondary N) is 1. The summed E-state index contributed by atoms with van der Waals surface area (Å²) < 4.78 is 0. The van der Waals surface area contributed by atoms with Crippen molar-refractivity contribution in [3.05, 3.63) is 0 Å². The summed E-state index contributed by atoms with van der Waals surface area (Å²) in [4.78, 5) is 19.5. The summed E-state index contributed by atoms with van der Waals surface area (Å²) in [7, 11) is 0. The molecule has 1 heterocycles. The van der Waals surface area contributed by atoms with E-state index in [0.717, 1.165) is 21.7 Å². The van der Waals surface area contributed by atoms with E-state index >= 15 is 0 Å². The van der Waals surface area contributed by atoms with Crippen LogP contribution >= 0.6 is 0 Å². The van der Waals surface area contributed by atoms with Crippen LogP contribution in [0.15, 0.2) is 0 Å². The van der Waals surface area contributed by atoms with Crippen molar-refractivity contribution in [2.24, 2.45) is 21.7 Å². The van der Waals surface area contributed by atoms with Gasteiger partial charge in [-0.1, -0.05) is 12.8 Å². The molecule has 4 spiro atoms. The number of carboxylic acid groups (broad SMARTS) is 2. The minimum absolute atomic E-state index is 0.789. The zero-order valence-corrected chi connectivity index (χ0v) is 14.3. The molecule has 1 saturated heterocycles. The molecule has 140 valence electrons. The number of rotatable bonds is 3. The monoisotopic (exact) mass is 353 g/mol. The molecule has 5 N–H and O–H groups in total. The van der Waals surface area contributed by atoms with E-state index in [-0.39, 0.29) is 0 Å². The summed E-state index contributed by atoms with van der Waals surface area (Å²) >= 11 is 0. The van der Waals surface area contributed by atoms with Crippen LogP contribution in [-0.2, 0) is 9.59 Å². The van der Waals surface area contributed by atoms with E-state index in [1.165, 1.54) is 13.1 Å². The Balaban J connectivity index is 0.000000140. The molecule has 5 saturated carbocycles. The fraction of sp³-hybridized carbons (Fsp3) is 0.889. The molecule has 1 aliphatic heterocycles. The summed E-state index contributed by atoms with van der Waals surface area (Å²) in [5, 5.41) is 36.3. The fourth-order valence-electron chi connectivity index (χ4n) is 7.59. The maximum Gasteiger partial charge on any atom is 0.335 e. The minimum atomic E-state index is -2.27. The van der Waals surface area contributed by atoms with Crippen molar-refractivity contribution in [3.8, 4) is 0 Å². The van der Waals surface area contributed by atoms with Crippen molar-refractivity contribution in [2.45, 2.75) is 63.6 Å². The van der Waals surface area contributed by atoms with Gasteiger partial charge in [-0.3, -0.25) is 0 Å². The van der Waals surface area contributed by atoms with Gasteiger partial charge in [-0.2, -0.15) is 0 Å². The van der Waals surface area contributed by atoms with Crippen LogP contribution in [0, 0.1) is 21.7 Å². The Bertz CT molecular complexity index is 553. The van der Waals surface area contributed by atoms with Crippen LogP contribution in [0.4, 0.5) is 0 Å². The van der Waals surface area contributed by atoms with Crippen LogP contribution in [0.1, 0.15) is 51.4 Å². The third-order valence-electron chi connectivity index (χ3n) is 8.25. The van der Waals surface area contributed by atoms with E-state index in [9.17, 15) is 9.59 Å². The first-order valence-electron chi connectivity index (χ1n) is 9.23. The predicted molar refractivity (Wildman–Crippen MR) is 86.8 cm³/mol. The van der Waals surface area contributed by atoms with Crippen LogP contribution in [0.2, 0.25) is 0 Å². The fourth-order valence-corrected chi connectivity index (χ4v) is 7.59. The van der Waals surface area contributed by atoms with Gasteiger partial charge in [0, 0.05) is 13.1 Å². The quantitative estimate of drug-likeness (QED) is 0.502. The van der Waals surface area contributed by atoms with Crippen LogP contribution < -0.4 is 5.32 Å². The second-order valence-corrected chi connectivity index (χ2v) is 9.21. The zero-order valence-electron chi connectivity index (χ0n) is 14.3. The Morgan fingerprint density at radius 2 is 1.08 bits per heavy atom. The lowest BCUT2D eigenvalue weighted by Gasteiger charge is -2.45. The van der Waals surface area contributed by atoms with Gasteiger partial charge in [0.25, 0.3) is 0 Å². The largest absolute Gasteiger partial charge is 0.479 e. The molecule has 0 radical (unpaired) electrons. The molecule has 4 bridgehead atoms. The van der Waals surface area contributed by atoms with E-state index < -0.39 is 24.1 Å². The van der Waals surface area contributed by atoms with E-state index in [1.807, 2.05) is 0 Å². The van der Waals surface area contributed by atoms with Crippen LogP contribution in [0.5, 0.6) is 0 Å². The van der Waals surface area contributed by atoms with E-state index in [2.05, 4.69) is 5.32 Å². The molecule has 0 aromatic rings. The van der Waals surface area contributed by atoms with Crippen molar-refractivity contribution in [2.75, 3.05) is 13.1 Å². The van der Waals surface area contributed by atoms with Crippen molar-refractivity contribution < 1.29 is 30.0 Å². The maximum atomic E-state index is 9.77. The van der Waals surface area contributed by atoms with Crippen LogP contribution in [0.25, 0.3) is 0 Å². The Hall–Kier alpha value is -1.18. The second-order valence-electron chi connectivity index (χ2n) is 9.21. The molecule has 7 heteroatoms. The number of carbonyl (C=O) groups is 2. The van der Waals surface area contributed by atoms with Crippen molar-refractivity contribution >= 4 is 11.9 Å². The average Bonchev–Trinajstić information content (AvgIpc) is 3.23. The summed E-state index contributed by atoms with van der Waals surface area (Å²) in [6.07, 6.45) is 8.21. The van der Waals surface area contributed by atoms with Gasteiger partial charge in [-0.25, -0.2) is 9.59 Å². The summed E-state index contributed by atoms with van der Waals surface area (Å²) in [6, 6.07) is 0. The number of hydrogen-bond donors (Lipinski definition) is 5. The van der Waals surface area contributed by atoms with Gasteiger partial charge in [0.05, 0.1) is 0 Å². The van der Waals surface area contributed by atoms with Gasteiger partial charge in [-0.15, -0.1) is 0 Å². The summed E-state index contributed by atoms with van der Waals surface area (Å²) in [5.41, 5.74) is 3.29. The van der Waals surface area contributed by atoms with Crippen molar-refractivity contribution in [1.82, 2.24) is 5.32 Å². The number of aliphatic carboxylic acids is 2. The Kier molecular flexibility index (Phi) is 3.57. The first-order valence-corrected chi connectivity index (χ1v) is 9.23. The summed E-state index contributed by atoms with van der Waals surface area (Å²) in [6.45, 7) is 2.74. The molecule has 0 amide bonds. The Morgan fingerprint density at radius 3 is 1.40 bits per heavy atom. The second kappa shape index (κ2) is 5.18. The van der Waals surface area contributed by atoms with E-state index in [1.54, 1.807) is 51.4 Å². The number of hydrogen-bond acceptors (Lipinski definition) is 5. The highest BCUT2D eigenvalue weighted by atomic mass is 16.4. The molecule has 7 nitrogen and oxygen atoms in total. The van der Waals surface area contributed by atoms with Crippen LogP contribution in [-0.4, -0.2) is 57.7 Å². The first-order chi connectivity index (χ1) is 11.7. The van der Waals surface area contributed by atoms with Crippen LogP contribution in [0.3, 0.4) is 0 Å². The summed E-state index contributed by atoms with van der Waals surface area (Å²) in [5.74, 6) is -3.54. The van der Waals surface area contributed by atoms with Gasteiger partial charge >= 0.3 is 11.9 Å². The highest BCUT2D eigenvalue weighted by molar-refractivity contribution is 5.83. The normalized spacial score (nSPS) is 47.6. The van der Waals surface area contributed by atoms with E-state index in [0.29, 0.717) is 0 Å². The smallest absolute Gasteiger partial charge is 0.335 e. The lowest BCUT2D eigenvalue weighted by Crippen LogP contribution is -2.39. The van der Waals surface area contributed by atoms with Crippen molar-refractivity contribution in [1.29, 1.82) is 0 Å². The maximum absolute atomic E-state index is 9.77. The molecule has 6 rings (SSSR count). The molecular weight excluding hydrogens is 326 g/mol. The third-order valence-corrected chi connectivity index (χ3v) is 8.25. The minimum Gasteiger partial charge on any atom is -0.479 e. The molecule has 25 heavy (non-hydrogen) atoms. The lowest BCUT2D eigenvalue weighted by molar-refractivity contribution is -0.165. The number of aliphatic hydroxyl groups excluding tert-OH is 2. The van der Waals surface area contributed by atoms with Gasteiger partial charge in [-0.05, 0) is 60.2 Å². The van der Waals surface area contributed by atoms with Gasteiger partial charge in [0.1, 0.15) is 0 Å². The van der Waals surface area contributed by atoms with Gasteiger partial charge < -0.3 is 25.7 Å². The molecule has 2 atom stereocenters. The van der Waals surface area contributed by atoms with Gasteiger partial charge in [0.15, 0.2) is 12.2 Å². The highest BCUT2D eigenvalue weighted by Gasteiger charge is 2.83. The number of aliphatic hydroxyl groups is 2. The molecule has 5 aliphatic carbocycles. The average molecular weight is 353 g/mol. The molecule has 0 aromatic heterocycles. The predicted octanol–water partition coefficient (Wildman–Crippen LogP) is 0.588. The third kappa shape index (κ3) is 2.03. The molecule has 6 aliphatic rings. The molecule has 0 aromatic carbocycles. The SMILES string of the molecule is C1CCC23CC45CNCC4(CC2(C1)C5)C3.O=C(O)[C@H](O)[C@@H](O)C(=O)O. The highest BCUT2D eigenvalue weighted by Crippen LogP contribution is 2.90. The van der Waals surface area contributed by atoms with Gasteiger partial charge in [0.2, 0.25) is 0 Å². The topological polar surface area (TPSA) is 127 Å². The van der Waals surface area contributed by atoms with Crippen molar-refractivity contribution in [3.63, 3.8) is 0 Å². The van der Waals surface area contributed by atoms with E-state index in [4.69, 9.17) is 20.4 Å². The first kappa shape index (κ1) is 17.2. The standard InChI is InChI=1S/C14H21N.C4H6O6/c1-2-4-12-7-13-5-11(12,3-1)6-14(13,8-12)10-15-9-13;5-1(3(7)8)2(6)4(9)10/h15H,1-10H2;1-2,5-6H,(H,7,8)(H,9,10)/t;1-,2-/m.1/s1. The lowest BCUT2D eigenvalue weighted by atomic mass is 9.60.